The Bertz CT molecular complexity index is 1050. The normalized spacial score (nSPS) is 18.3. The van der Waals surface area contributed by atoms with Crippen LogP contribution in [0.2, 0.25) is 5.02 Å². The molecule has 0 saturated carbocycles. The molecular weight excluding hydrogens is 458 g/mol. The number of halogens is 1. The number of nitrogens with one attached hydrogen (secondary N) is 2. The van der Waals surface area contributed by atoms with Crippen LogP contribution in [0.15, 0.2) is 24.4 Å². The van der Waals surface area contributed by atoms with Crippen LogP contribution in [0.4, 0.5) is 0 Å². The molecule has 1 aromatic carbocycles. The molecule has 3 amide bonds. The Kier molecular flexibility index (Phi) is 8.55. The summed E-state index contributed by atoms with van der Waals surface area (Å²) < 4.78 is 7.53. The second kappa shape index (κ2) is 11.4. The molecule has 2 heterocycles. The molecule has 0 saturated heterocycles. The summed E-state index contributed by atoms with van der Waals surface area (Å²) >= 11 is 6.11. The fraction of sp³-hybridized carbons (Fsp3) is 0.500. The number of aryl methyl sites for hydroxylation is 2. The van der Waals surface area contributed by atoms with Crippen molar-refractivity contribution in [2.45, 2.75) is 39.7 Å². The van der Waals surface area contributed by atoms with Crippen molar-refractivity contribution < 1.29 is 19.1 Å². The van der Waals surface area contributed by atoms with Crippen LogP contribution in [0.25, 0.3) is 0 Å². The van der Waals surface area contributed by atoms with Gasteiger partial charge in [0.2, 0.25) is 5.91 Å². The molecule has 1 aliphatic heterocycles. The number of hydrogen-bond donors (Lipinski definition) is 2. The van der Waals surface area contributed by atoms with Crippen molar-refractivity contribution in [1.29, 1.82) is 0 Å². The van der Waals surface area contributed by atoms with Crippen molar-refractivity contribution >= 4 is 29.3 Å². The van der Waals surface area contributed by atoms with Crippen molar-refractivity contribution in [3.05, 3.63) is 46.2 Å². The lowest BCUT2D eigenvalue weighted by atomic mass is 10.1. The molecule has 1 atom stereocenters. The number of aromatic nitrogens is 2. The van der Waals surface area contributed by atoms with E-state index in [4.69, 9.17) is 16.3 Å². The molecule has 2 N–H and O–H groups in total. The lowest BCUT2D eigenvalue weighted by Crippen LogP contribution is -2.48. The molecule has 0 radical (unpaired) electrons. The lowest BCUT2D eigenvalue weighted by molar-refractivity contribution is -0.123. The van der Waals surface area contributed by atoms with E-state index in [1.165, 1.54) is 4.90 Å². The van der Waals surface area contributed by atoms with Crippen molar-refractivity contribution in [2.75, 3.05) is 26.2 Å². The first kappa shape index (κ1) is 25.6. The summed E-state index contributed by atoms with van der Waals surface area (Å²) in [6.07, 6.45) is 2.91. The number of fused-ring (bicyclic) bond motifs is 1. The first-order valence-corrected chi connectivity index (χ1v) is 11.8. The molecule has 1 aliphatic rings. The van der Waals surface area contributed by atoms with Gasteiger partial charge >= 0.3 is 0 Å². The van der Waals surface area contributed by atoms with Crippen LogP contribution in [0.5, 0.6) is 5.75 Å². The number of amides is 3. The molecule has 0 fully saturated rings. The van der Waals surface area contributed by atoms with Crippen LogP contribution in [0, 0.1) is 12.8 Å². The summed E-state index contributed by atoms with van der Waals surface area (Å²) in [6, 6.07) is 4.57. The van der Waals surface area contributed by atoms with Gasteiger partial charge < -0.3 is 20.3 Å². The quantitative estimate of drug-likeness (QED) is 0.674. The molecule has 0 unspecified atom stereocenters. The zero-order valence-corrected chi connectivity index (χ0v) is 20.8. The van der Waals surface area contributed by atoms with Gasteiger partial charge in [0, 0.05) is 31.4 Å². The molecule has 34 heavy (non-hydrogen) atoms. The highest BCUT2D eigenvalue weighted by molar-refractivity contribution is 6.31. The van der Waals surface area contributed by atoms with E-state index in [2.05, 4.69) is 15.7 Å². The molecule has 2 aromatic rings. The Morgan fingerprint density at radius 3 is 2.71 bits per heavy atom. The second-order valence-electron chi connectivity index (χ2n) is 8.86. The minimum absolute atomic E-state index is 0.0638. The van der Waals surface area contributed by atoms with E-state index in [0.29, 0.717) is 53.5 Å². The summed E-state index contributed by atoms with van der Waals surface area (Å²) in [4.78, 5) is 40.5. The summed E-state index contributed by atoms with van der Waals surface area (Å²) in [5.74, 6) is -0.322. The Balaban J connectivity index is 1.83. The minimum atomic E-state index is -0.318. The average Bonchev–Trinajstić information content (AvgIpc) is 3.12. The third kappa shape index (κ3) is 6.50. The maximum atomic E-state index is 13.2. The molecule has 0 aliphatic carbocycles. The highest BCUT2D eigenvalue weighted by atomic mass is 35.5. The predicted molar refractivity (Wildman–Crippen MR) is 129 cm³/mol. The first-order chi connectivity index (χ1) is 16.2. The molecule has 184 valence electrons. The van der Waals surface area contributed by atoms with E-state index in [1.807, 2.05) is 13.8 Å². The number of ether oxygens (including phenoxy) is 1. The van der Waals surface area contributed by atoms with Gasteiger partial charge in [0.1, 0.15) is 12.4 Å². The highest BCUT2D eigenvalue weighted by Gasteiger charge is 2.25. The highest BCUT2D eigenvalue weighted by Crippen LogP contribution is 2.24. The van der Waals surface area contributed by atoms with Crippen LogP contribution >= 0.6 is 11.6 Å². The Morgan fingerprint density at radius 1 is 1.26 bits per heavy atom. The van der Waals surface area contributed by atoms with Crippen molar-refractivity contribution in [3.8, 4) is 5.75 Å². The molecule has 3 rings (SSSR count). The van der Waals surface area contributed by atoms with Crippen molar-refractivity contribution in [3.63, 3.8) is 0 Å². The number of benzene rings is 1. The van der Waals surface area contributed by atoms with Crippen LogP contribution in [-0.2, 0) is 11.8 Å². The van der Waals surface area contributed by atoms with E-state index >= 15 is 0 Å². The van der Waals surface area contributed by atoms with Gasteiger partial charge in [-0.1, -0.05) is 25.4 Å². The van der Waals surface area contributed by atoms with E-state index in [-0.39, 0.29) is 42.8 Å². The summed E-state index contributed by atoms with van der Waals surface area (Å²) in [6.45, 7) is 6.60. The number of nitrogens with zero attached hydrogens (tertiary/aromatic N) is 3. The monoisotopic (exact) mass is 489 g/mol. The van der Waals surface area contributed by atoms with Gasteiger partial charge in [-0.25, -0.2) is 0 Å². The summed E-state index contributed by atoms with van der Waals surface area (Å²) in [5.41, 5.74) is 1.43. The van der Waals surface area contributed by atoms with Crippen molar-refractivity contribution in [2.24, 2.45) is 13.0 Å². The van der Waals surface area contributed by atoms with Gasteiger partial charge in [0.25, 0.3) is 11.8 Å². The molecule has 10 heteroatoms. The Labute approximate surface area is 204 Å². The van der Waals surface area contributed by atoms with Gasteiger partial charge in [-0.15, -0.1) is 0 Å². The second-order valence-corrected chi connectivity index (χ2v) is 9.30. The number of rotatable bonds is 2. The van der Waals surface area contributed by atoms with Gasteiger partial charge in [0.15, 0.2) is 0 Å². The van der Waals surface area contributed by atoms with Gasteiger partial charge in [-0.3, -0.25) is 19.1 Å². The maximum absolute atomic E-state index is 13.2. The number of carbonyl (C=O) groups excluding carboxylic acids is 3. The fourth-order valence-electron chi connectivity index (χ4n) is 3.77. The molecule has 0 spiro atoms. The Hall–Kier alpha value is -3.07. The van der Waals surface area contributed by atoms with E-state index < -0.39 is 0 Å². The third-order valence-corrected chi connectivity index (χ3v) is 6.00. The van der Waals surface area contributed by atoms with Crippen LogP contribution in [-0.4, -0.2) is 64.7 Å². The van der Waals surface area contributed by atoms with Crippen molar-refractivity contribution in [1.82, 2.24) is 25.3 Å². The SMILES string of the molecule is Cc1nn(C)cc1C(=O)N1CCCCNC(=O)c2cc(Cl)ccc2OC[C@@H](C(C)C)NC(=O)C1. The third-order valence-electron chi connectivity index (χ3n) is 5.76. The first-order valence-electron chi connectivity index (χ1n) is 11.4. The molecule has 9 nitrogen and oxygen atoms in total. The van der Waals surface area contributed by atoms with Crippen LogP contribution in [0.3, 0.4) is 0 Å². The molecule has 0 bridgehead atoms. The molecule has 1 aromatic heterocycles. The van der Waals surface area contributed by atoms with E-state index in [1.54, 1.807) is 43.0 Å². The van der Waals surface area contributed by atoms with Gasteiger partial charge in [-0.05, 0) is 43.9 Å². The lowest BCUT2D eigenvalue weighted by Gasteiger charge is -2.26. The molecular formula is C24H32ClN5O4. The zero-order valence-electron chi connectivity index (χ0n) is 20.1. The fourth-order valence-corrected chi connectivity index (χ4v) is 3.94. The smallest absolute Gasteiger partial charge is 0.257 e. The summed E-state index contributed by atoms with van der Waals surface area (Å²) in [7, 11) is 1.75. The summed E-state index contributed by atoms with van der Waals surface area (Å²) in [5, 5.41) is 10.6. The largest absolute Gasteiger partial charge is 0.491 e. The Morgan fingerprint density at radius 2 is 2.03 bits per heavy atom. The van der Waals surface area contributed by atoms with E-state index in [9.17, 15) is 14.4 Å². The van der Waals surface area contributed by atoms with Crippen LogP contribution in [0.1, 0.15) is 53.1 Å². The zero-order chi connectivity index (χ0) is 24.8. The van der Waals surface area contributed by atoms with Crippen LogP contribution < -0.4 is 15.4 Å². The predicted octanol–water partition coefficient (Wildman–Crippen LogP) is 2.57. The topological polar surface area (TPSA) is 106 Å². The number of hydrogen-bond acceptors (Lipinski definition) is 5. The van der Waals surface area contributed by atoms with Gasteiger partial charge in [-0.2, -0.15) is 5.10 Å². The van der Waals surface area contributed by atoms with Gasteiger partial charge in [0.05, 0.1) is 29.4 Å². The standard InChI is InChI=1S/C24H32ClN5O4/c1-15(2)20-14-34-21-8-7-17(25)11-18(21)23(32)26-9-5-6-10-30(13-22(31)27-20)24(33)19-12-29(4)28-16(19)3/h7-8,11-12,15,20H,5-6,9-10,13-14H2,1-4H3,(H,26,32)(H,27,31)/t20-/m0/s1. The maximum Gasteiger partial charge on any atom is 0.257 e. The number of carbonyl (C=O) groups is 3. The van der Waals surface area contributed by atoms with E-state index in [0.717, 1.165) is 0 Å². The minimum Gasteiger partial charge on any atom is -0.491 e. The average molecular weight is 490 g/mol.